The molecule has 0 amide bonds. The summed E-state index contributed by atoms with van der Waals surface area (Å²) in [5, 5.41) is 112. The molecule has 0 bridgehead atoms. The maximum absolute atomic E-state index is 13.7. The van der Waals surface area contributed by atoms with Gasteiger partial charge < -0.3 is 117 Å². The van der Waals surface area contributed by atoms with E-state index < -0.39 is 200 Å². The van der Waals surface area contributed by atoms with Gasteiger partial charge in [-0.1, -0.05) is 48.9 Å². The average Bonchev–Trinajstić information content (AvgIpc) is 1.62. The highest BCUT2D eigenvalue weighted by Crippen LogP contribution is 2.71. The van der Waals surface area contributed by atoms with Gasteiger partial charge in [0.05, 0.1) is 61.4 Å². The first-order chi connectivity index (χ1) is 42.2. The Bertz CT molecular complexity index is 2630. The average molecular weight is 1270 g/mol. The SMILES string of the molecule is CO[C@H]1CC(O[C@H]2CC[C@@]3(C)C(=CC[C@]4(O)C3C[C@@H](OC(=O)/C=C/c3ccccc3)[C@@]3(C)[C@]4(O)CC[C@@]3(O)C(C)=O)C2)O[C@H](C)[C@H]1OC1C[C@H](OC)[C@H](OC2C[C@@H](OC)[C@H](OC3O[C@H](CO)[C@@H](OC4O[C@H](CO)[C@@H](O)[C@H](O)[C@H]4O)[C@H](O)[C@H]3O)[C@@H](C)O2)[C@@H](C)O1. The lowest BCUT2D eigenvalue weighted by Crippen LogP contribution is -2.78. The van der Waals surface area contributed by atoms with Gasteiger partial charge in [0.2, 0.25) is 0 Å². The van der Waals surface area contributed by atoms with E-state index in [9.17, 15) is 60.7 Å². The fraction of sp³-hybridized carbons (Fsp3) is 0.810. The summed E-state index contributed by atoms with van der Waals surface area (Å²) in [6, 6.07) is 9.23. The van der Waals surface area contributed by atoms with Crippen LogP contribution in [0.5, 0.6) is 0 Å². The number of ether oxygens (including phenoxy) is 14. The maximum Gasteiger partial charge on any atom is 0.331 e. The number of esters is 1. The third-order valence-corrected chi connectivity index (χ3v) is 21.6. The molecule has 89 heavy (non-hydrogen) atoms. The summed E-state index contributed by atoms with van der Waals surface area (Å²) < 4.78 is 86.7. The smallest absolute Gasteiger partial charge is 0.331 e. The van der Waals surface area contributed by atoms with E-state index in [0.717, 1.165) is 11.1 Å². The molecule has 0 aromatic heterocycles. The number of aliphatic hydroxyl groups is 10. The van der Waals surface area contributed by atoms with Crippen LogP contribution in [0.2, 0.25) is 0 Å². The summed E-state index contributed by atoms with van der Waals surface area (Å²) in [7, 11) is 4.63. The Hall–Kier alpha value is -3.08. The van der Waals surface area contributed by atoms with Crippen molar-refractivity contribution in [2.45, 2.75) is 270 Å². The Balaban J connectivity index is 0.728. The van der Waals surface area contributed by atoms with Crippen LogP contribution in [-0.4, -0.2) is 262 Å². The number of hydrogen-bond donors (Lipinski definition) is 10. The van der Waals surface area contributed by atoms with Gasteiger partial charge in [0.1, 0.15) is 90.1 Å². The summed E-state index contributed by atoms with van der Waals surface area (Å²) in [6.45, 7) is 8.87. The molecular formula is C63H94O26. The molecule has 5 heterocycles. The number of rotatable bonds is 19. The minimum Gasteiger partial charge on any atom is -0.458 e. The molecule has 6 unspecified atom stereocenters. The number of carbonyl (C=O) groups is 2. The second-order valence-corrected chi connectivity index (χ2v) is 26.4. The van der Waals surface area contributed by atoms with E-state index in [2.05, 4.69) is 6.92 Å². The number of methoxy groups -OCH3 is 3. The highest BCUT2D eigenvalue weighted by atomic mass is 16.8. The highest BCUT2D eigenvalue weighted by molar-refractivity contribution is 5.89. The number of fused-ring (bicyclic) bond motifs is 5. The van der Waals surface area contributed by atoms with Gasteiger partial charge in [-0.25, -0.2) is 4.79 Å². The zero-order valence-corrected chi connectivity index (χ0v) is 52.0. The van der Waals surface area contributed by atoms with Gasteiger partial charge >= 0.3 is 5.97 Å². The van der Waals surface area contributed by atoms with Crippen LogP contribution in [0.25, 0.3) is 6.08 Å². The van der Waals surface area contributed by atoms with E-state index >= 15 is 0 Å². The van der Waals surface area contributed by atoms with Gasteiger partial charge in [0, 0.05) is 52.6 Å². The predicted molar refractivity (Wildman–Crippen MR) is 306 cm³/mol. The lowest BCUT2D eigenvalue weighted by molar-refractivity contribution is -0.376. The van der Waals surface area contributed by atoms with Crippen LogP contribution in [-0.2, 0) is 75.9 Å². The molecule has 8 fully saturated rings. The number of benzene rings is 1. The first kappa shape index (κ1) is 68.8. The fourth-order valence-electron chi connectivity index (χ4n) is 16.3. The summed E-state index contributed by atoms with van der Waals surface area (Å²) in [5.41, 5.74) is -6.47. The van der Waals surface area contributed by atoms with Crippen molar-refractivity contribution in [2.24, 2.45) is 16.7 Å². The third kappa shape index (κ3) is 12.5. The van der Waals surface area contributed by atoms with Crippen LogP contribution < -0.4 is 0 Å². The molecule has 1 aromatic carbocycles. The van der Waals surface area contributed by atoms with Crippen molar-refractivity contribution < 1.29 is 127 Å². The second-order valence-electron chi connectivity index (χ2n) is 26.4. The van der Waals surface area contributed by atoms with E-state index in [1.54, 1.807) is 34.1 Å². The van der Waals surface area contributed by atoms with Gasteiger partial charge in [-0.05, 0) is 96.6 Å². The molecule has 26 nitrogen and oxygen atoms in total. The van der Waals surface area contributed by atoms with Crippen LogP contribution in [0.15, 0.2) is 48.1 Å². The van der Waals surface area contributed by atoms with Crippen molar-refractivity contribution in [3.8, 4) is 0 Å². The summed E-state index contributed by atoms with van der Waals surface area (Å²) >= 11 is 0. The van der Waals surface area contributed by atoms with E-state index in [0.29, 0.717) is 25.7 Å². The van der Waals surface area contributed by atoms with Gasteiger partial charge in [0.25, 0.3) is 0 Å². The summed E-state index contributed by atoms with van der Waals surface area (Å²) in [6.07, 6.45) is -18.5. The molecular weight excluding hydrogens is 1170 g/mol. The predicted octanol–water partition coefficient (Wildman–Crippen LogP) is 0.349. The zero-order chi connectivity index (χ0) is 64.3. The summed E-state index contributed by atoms with van der Waals surface area (Å²) in [4.78, 5) is 27.0. The number of Topliss-reactive ketones (excluding diaryl/α,β-unsaturated/α-hetero) is 1. The number of hydrogen-bond acceptors (Lipinski definition) is 26. The van der Waals surface area contributed by atoms with Crippen LogP contribution in [0.4, 0.5) is 0 Å². The van der Waals surface area contributed by atoms with Crippen molar-refractivity contribution in [1.29, 1.82) is 0 Å². The molecule has 10 rings (SSSR count). The van der Waals surface area contributed by atoms with Crippen molar-refractivity contribution in [2.75, 3.05) is 34.5 Å². The van der Waals surface area contributed by atoms with Crippen LogP contribution >= 0.6 is 0 Å². The molecule has 26 heteroatoms. The number of aliphatic hydroxyl groups excluding tert-OH is 7. The molecule has 0 spiro atoms. The quantitative estimate of drug-likeness (QED) is 0.0507. The van der Waals surface area contributed by atoms with Crippen LogP contribution in [0.1, 0.15) is 111 Å². The van der Waals surface area contributed by atoms with Crippen LogP contribution in [0, 0.1) is 16.7 Å². The fourth-order valence-corrected chi connectivity index (χ4v) is 16.3. The van der Waals surface area contributed by atoms with Crippen LogP contribution in [0.3, 0.4) is 0 Å². The van der Waals surface area contributed by atoms with Crippen molar-refractivity contribution in [3.63, 3.8) is 0 Å². The van der Waals surface area contributed by atoms with E-state index in [1.807, 2.05) is 50.3 Å². The third-order valence-electron chi connectivity index (χ3n) is 21.6. The van der Waals surface area contributed by atoms with E-state index in [1.165, 1.54) is 20.1 Å². The van der Waals surface area contributed by atoms with Gasteiger partial charge in [-0.3, -0.25) is 4.79 Å². The van der Waals surface area contributed by atoms with Gasteiger partial charge in [-0.2, -0.15) is 0 Å². The van der Waals surface area contributed by atoms with Gasteiger partial charge in [-0.15, -0.1) is 0 Å². The zero-order valence-electron chi connectivity index (χ0n) is 52.0. The maximum atomic E-state index is 13.7. The molecule has 5 saturated heterocycles. The molecule has 1 aromatic rings. The van der Waals surface area contributed by atoms with Crippen molar-refractivity contribution in [3.05, 3.63) is 53.6 Å². The Morgan fingerprint density at radius 1 is 0.618 bits per heavy atom. The first-order valence-electron chi connectivity index (χ1n) is 31.3. The Morgan fingerprint density at radius 2 is 1.13 bits per heavy atom. The monoisotopic (exact) mass is 1270 g/mol. The minimum absolute atomic E-state index is 0.0511. The highest BCUT2D eigenvalue weighted by Gasteiger charge is 2.81. The Morgan fingerprint density at radius 3 is 1.67 bits per heavy atom. The molecule has 3 saturated carbocycles. The number of carbonyl (C=O) groups excluding carboxylic acids is 2. The minimum atomic E-state index is -2.07. The van der Waals surface area contributed by atoms with Crippen molar-refractivity contribution in [1.82, 2.24) is 0 Å². The Labute approximate surface area is 518 Å². The van der Waals surface area contributed by atoms with Crippen molar-refractivity contribution >= 4 is 17.8 Å². The largest absolute Gasteiger partial charge is 0.458 e. The first-order valence-corrected chi connectivity index (χ1v) is 31.3. The molecule has 4 aliphatic carbocycles. The molecule has 502 valence electrons. The molecule has 5 aliphatic heterocycles. The normalized spacial score (nSPS) is 49.3. The molecule has 30 atom stereocenters. The standard InChI is InChI=1S/C63H94O26/c1-30-53(86-46-25-38(77-8)54(31(2)80-46)87-47-26-39(78-9)55(32(3)81-47)88-58-52(72)50(70)56(41(29-65)84-58)89-57-51(71)49(69)48(68)40(28-64)83-57)37(76-7)24-45(79-30)82-36-18-19-59(5)35(23-36)17-20-62(74)42(59)27-43(85-44(67)16-15-34-13-11-10-12-14-34)60(6)61(73,33(4)66)21-22-63(60,62)75/h10-17,30-32,36-43,45-58,64-65,68-75H,18-29H2,1-9H3/b16-15+/t30-,31-,32-,36+,37+,38+,39-,40-,41-,42?,43-,45?,46?,47?,48-,49+,50-,51-,52-,53-,54-,55-,56-,57?,58?,59+,60-,61-,62+,63-/m1/s1. The van der Waals surface area contributed by atoms with E-state index in [-0.39, 0.29) is 44.6 Å². The van der Waals surface area contributed by atoms with Gasteiger partial charge in [0.15, 0.2) is 37.2 Å². The topological polar surface area (TPSA) is 366 Å². The number of ketones is 1. The Kier molecular flexibility index (Phi) is 21.1. The molecule has 0 radical (unpaired) electrons. The molecule has 10 N–H and O–H groups in total. The second kappa shape index (κ2) is 27.3. The summed E-state index contributed by atoms with van der Waals surface area (Å²) in [5.74, 6) is -1.89. The van der Waals surface area contributed by atoms with E-state index in [4.69, 9.17) is 66.3 Å². The lowest BCUT2D eigenvalue weighted by atomic mass is 9.42. The molecule has 9 aliphatic rings. The lowest BCUT2D eigenvalue weighted by Gasteiger charge is -2.67.